The number of fused-ring (bicyclic) bond motifs is 1. The van der Waals surface area contributed by atoms with Crippen LogP contribution in [-0.4, -0.2) is 22.1 Å². The van der Waals surface area contributed by atoms with E-state index in [2.05, 4.69) is 15.5 Å². The smallest absolute Gasteiger partial charge is 0.258 e. The van der Waals surface area contributed by atoms with Gasteiger partial charge in [-0.2, -0.15) is 0 Å². The summed E-state index contributed by atoms with van der Waals surface area (Å²) in [6.07, 6.45) is 1.81. The van der Waals surface area contributed by atoms with E-state index in [9.17, 15) is 4.79 Å². The van der Waals surface area contributed by atoms with Crippen LogP contribution in [0.1, 0.15) is 19.0 Å². The highest BCUT2D eigenvalue weighted by molar-refractivity contribution is 5.93. The predicted octanol–water partition coefficient (Wildman–Crippen LogP) is 1.21. The van der Waals surface area contributed by atoms with Gasteiger partial charge < -0.3 is 15.6 Å². The molecular weight excluding hydrogens is 220 g/mol. The van der Waals surface area contributed by atoms with E-state index in [0.29, 0.717) is 11.4 Å². The molecule has 0 aliphatic heterocycles. The molecule has 0 aromatic carbocycles. The van der Waals surface area contributed by atoms with Gasteiger partial charge in [0.05, 0.1) is 23.0 Å². The summed E-state index contributed by atoms with van der Waals surface area (Å²) in [7, 11) is 0. The summed E-state index contributed by atoms with van der Waals surface area (Å²) in [6.45, 7) is 3.60. The number of hydrogen-bond acceptors (Lipinski definition) is 5. The number of pyridine rings is 1. The van der Waals surface area contributed by atoms with Gasteiger partial charge in [-0.3, -0.25) is 4.79 Å². The third-order valence-corrected chi connectivity index (χ3v) is 2.30. The average Bonchev–Trinajstić information content (AvgIpc) is 2.59. The fraction of sp³-hybridized carbons (Fsp3) is 0.364. The molecule has 3 N–H and O–H groups in total. The second-order valence-corrected chi connectivity index (χ2v) is 4.07. The van der Waals surface area contributed by atoms with E-state index in [1.807, 2.05) is 6.92 Å². The van der Waals surface area contributed by atoms with Crippen LogP contribution in [0.5, 0.6) is 0 Å². The fourth-order valence-electron chi connectivity index (χ4n) is 1.52. The monoisotopic (exact) mass is 234 g/mol. The van der Waals surface area contributed by atoms with Crippen LogP contribution >= 0.6 is 0 Å². The van der Waals surface area contributed by atoms with Gasteiger partial charge in [0.15, 0.2) is 0 Å². The Morgan fingerprint density at radius 2 is 2.41 bits per heavy atom. The lowest BCUT2D eigenvalue weighted by Gasteiger charge is -2.06. The number of nitrogens with zero attached hydrogens (tertiary/aromatic N) is 2. The molecule has 0 radical (unpaired) electrons. The lowest BCUT2D eigenvalue weighted by Crippen LogP contribution is -2.23. The largest absolute Gasteiger partial charge is 0.336 e. The van der Waals surface area contributed by atoms with Crippen molar-refractivity contribution in [3.05, 3.63) is 18.0 Å². The summed E-state index contributed by atoms with van der Waals surface area (Å²) in [5, 5.41) is 7.32. The number of amides is 1. The molecule has 17 heavy (non-hydrogen) atoms. The molecule has 0 bridgehead atoms. The van der Waals surface area contributed by atoms with Gasteiger partial charge >= 0.3 is 0 Å². The molecule has 1 atom stereocenters. The first-order chi connectivity index (χ1) is 8.06. The Morgan fingerprint density at radius 3 is 3.12 bits per heavy atom. The number of aromatic nitrogens is 2. The summed E-state index contributed by atoms with van der Waals surface area (Å²) in [5.41, 5.74) is 7.38. The van der Waals surface area contributed by atoms with Crippen LogP contribution in [0.4, 0.5) is 5.69 Å². The molecule has 2 heterocycles. The third kappa shape index (κ3) is 2.59. The van der Waals surface area contributed by atoms with E-state index in [1.54, 1.807) is 13.0 Å². The molecule has 0 saturated carbocycles. The number of carbonyl (C=O) groups excluding carboxylic acids is 1. The Kier molecular flexibility index (Phi) is 3.06. The van der Waals surface area contributed by atoms with E-state index < -0.39 is 0 Å². The number of rotatable bonds is 3. The van der Waals surface area contributed by atoms with Gasteiger partial charge in [0.2, 0.25) is 5.91 Å². The minimum absolute atomic E-state index is 0.129. The lowest BCUT2D eigenvalue weighted by atomic mass is 10.2. The fourth-order valence-corrected chi connectivity index (χ4v) is 1.52. The molecular formula is C11H14N4O2. The summed E-state index contributed by atoms with van der Waals surface area (Å²) in [6, 6.07) is 1.62. The van der Waals surface area contributed by atoms with E-state index in [0.717, 1.165) is 11.1 Å². The van der Waals surface area contributed by atoms with Gasteiger partial charge in [-0.1, -0.05) is 5.16 Å². The van der Waals surface area contributed by atoms with Gasteiger partial charge in [0.25, 0.3) is 5.71 Å². The van der Waals surface area contributed by atoms with Crippen molar-refractivity contribution in [2.45, 2.75) is 26.3 Å². The Morgan fingerprint density at radius 1 is 1.65 bits per heavy atom. The standard InChI is InChI=1S/C11H14N4O2/c1-6(12)3-10(16)14-8-4-9-7(2)15-17-11(9)13-5-8/h4-6H,3,12H2,1-2H3,(H,14,16). The highest BCUT2D eigenvalue weighted by atomic mass is 16.5. The van der Waals surface area contributed by atoms with Crippen molar-refractivity contribution in [3.8, 4) is 0 Å². The van der Waals surface area contributed by atoms with Gasteiger partial charge in [-0.05, 0) is 19.9 Å². The molecule has 2 rings (SSSR count). The molecule has 0 aliphatic carbocycles. The van der Waals surface area contributed by atoms with Crippen LogP contribution in [0.3, 0.4) is 0 Å². The Bertz CT molecular complexity index is 547. The number of anilines is 1. The normalized spacial score (nSPS) is 12.6. The topological polar surface area (TPSA) is 94.0 Å². The second kappa shape index (κ2) is 4.50. The van der Waals surface area contributed by atoms with Crippen molar-refractivity contribution in [1.29, 1.82) is 0 Å². The maximum atomic E-state index is 11.5. The van der Waals surface area contributed by atoms with Gasteiger partial charge in [0, 0.05) is 12.5 Å². The minimum Gasteiger partial charge on any atom is -0.336 e. The summed E-state index contributed by atoms with van der Waals surface area (Å²) >= 11 is 0. The molecule has 2 aromatic rings. The van der Waals surface area contributed by atoms with Crippen molar-refractivity contribution >= 4 is 22.7 Å². The molecule has 0 spiro atoms. The van der Waals surface area contributed by atoms with Crippen LogP contribution in [0.2, 0.25) is 0 Å². The van der Waals surface area contributed by atoms with Crippen LogP contribution in [-0.2, 0) is 4.79 Å². The van der Waals surface area contributed by atoms with Crippen LogP contribution < -0.4 is 11.1 Å². The van der Waals surface area contributed by atoms with Crippen molar-refractivity contribution in [1.82, 2.24) is 10.1 Å². The number of hydrogen-bond donors (Lipinski definition) is 2. The molecule has 6 heteroatoms. The van der Waals surface area contributed by atoms with Gasteiger partial charge in [-0.25, -0.2) is 4.98 Å². The SMILES string of the molecule is Cc1noc2ncc(NC(=O)CC(C)N)cc12. The zero-order valence-electron chi connectivity index (χ0n) is 9.73. The van der Waals surface area contributed by atoms with Gasteiger partial charge in [-0.15, -0.1) is 0 Å². The van der Waals surface area contributed by atoms with Crippen LogP contribution in [0.15, 0.2) is 16.8 Å². The first kappa shape index (κ1) is 11.5. The first-order valence-electron chi connectivity index (χ1n) is 5.33. The van der Waals surface area contributed by atoms with Crippen LogP contribution in [0, 0.1) is 6.92 Å². The van der Waals surface area contributed by atoms with Crippen molar-refractivity contribution in [2.24, 2.45) is 5.73 Å². The van der Waals surface area contributed by atoms with Crippen molar-refractivity contribution < 1.29 is 9.32 Å². The maximum Gasteiger partial charge on any atom is 0.258 e. The zero-order valence-corrected chi connectivity index (χ0v) is 9.73. The molecule has 6 nitrogen and oxygen atoms in total. The lowest BCUT2D eigenvalue weighted by molar-refractivity contribution is -0.116. The van der Waals surface area contributed by atoms with Crippen LogP contribution in [0.25, 0.3) is 11.1 Å². The Labute approximate surface area is 98.2 Å². The Balaban J connectivity index is 2.19. The summed E-state index contributed by atoms with van der Waals surface area (Å²) in [4.78, 5) is 15.6. The number of nitrogens with two attached hydrogens (primary N) is 1. The number of aryl methyl sites for hydroxylation is 1. The summed E-state index contributed by atoms with van der Waals surface area (Å²) < 4.78 is 4.98. The maximum absolute atomic E-state index is 11.5. The van der Waals surface area contributed by atoms with E-state index >= 15 is 0 Å². The number of nitrogens with one attached hydrogen (secondary N) is 1. The van der Waals surface area contributed by atoms with E-state index in [4.69, 9.17) is 10.3 Å². The van der Waals surface area contributed by atoms with Crippen molar-refractivity contribution in [2.75, 3.05) is 5.32 Å². The molecule has 0 aliphatic rings. The first-order valence-corrected chi connectivity index (χ1v) is 5.33. The highest BCUT2D eigenvalue weighted by Crippen LogP contribution is 2.19. The van der Waals surface area contributed by atoms with Gasteiger partial charge in [0.1, 0.15) is 0 Å². The van der Waals surface area contributed by atoms with E-state index in [1.165, 1.54) is 6.20 Å². The quantitative estimate of drug-likeness (QED) is 0.832. The highest BCUT2D eigenvalue weighted by Gasteiger charge is 2.09. The minimum atomic E-state index is -0.163. The Hall–Kier alpha value is -1.95. The zero-order chi connectivity index (χ0) is 12.4. The van der Waals surface area contributed by atoms with Crippen molar-refractivity contribution in [3.63, 3.8) is 0 Å². The molecule has 90 valence electrons. The molecule has 1 unspecified atom stereocenters. The molecule has 2 aromatic heterocycles. The molecule has 0 fully saturated rings. The third-order valence-electron chi connectivity index (χ3n) is 2.30. The predicted molar refractivity (Wildman–Crippen MR) is 63.4 cm³/mol. The average molecular weight is 234 g/mol. The van der Waals surface area contributed by atoms with E-state index in [-0.39, 0.29) is 18.4 Å². The number of carbonyl (C=O) groups is 1. The summed E-state index contributed by atoms with van der Waals surface area (Å²) in [5.74, 6) is -0.129. The molecule has 0 saturated heterocycles. The molecule has 1 amide bonds. The second-order valence-electron chi connectivity index (χ2n) is 4.07.